The highest BCUT2D eigenvalue weighted by Crippen LogP contribution is 2.38. The van der Waals surface area contributed by atoms with Crippen LogP contribution in [0.2, 0.25) is 0 Å². The predicted octanol–water partition coefficient (Wildman–Crippen LogP) is 5.45. The molecule has 164 valence electrons. The number of hydrogen-bond acceptors (Lipinski definition) is 5. The smallest absolute Gasteiger partial charge is 0.251 e. The Kier molecular flexibility index (Phi) is 6.31. The number of carbonyl (C=O) groups is 1. The molecule has 1 amide bonds. The second kappa shape index (κ2) is 9.47. The maximum atomic E-state index is 13.0. The highest BCUT2D eigenvalue weighted by molar-refractivity contribution is 6.05. The first kappa shape index (κ1) is 21.3. The van der Waals surface area contributed by atoms with Crippen LogP contribution < -0.4 is 19.5 Å². The lowest BCUT2D eigenvalue weighted by atomic mass is 9.94. The number of amides is 1. The molecule has 0 spiro atoms. The van der Waals surface area contributed by atoms with E-state index in [4.69, 9.17) is 18.6 Å². The van der Waals surface area contributed by atoms with E-state index in [-0.39, 0.29) is 5.91 Å². The van der Waals surface area contributed by atoms with Crippen LogP contribution in [0.3, 0.4) is 0 Å². The van der Waals surface area contributed by atoms with E-state index in [1.165, 1.54) is 0 Å². The van der Waals surface area contributed by atoms with Crippen molar-refractivity contribution in [1.82, 2.24) is 5.32 Å². The van der Waals surface area contributed by atoms with E-state index >= 15 is 0 Å². The standard InChI is InChI=1S/C26H25NO5/c1-4-31-20-9-7-17(8-10-20)22-13-19(26(28)27-16-21-6-5-11-32-21)12-18-14-24(29-2)25(30-3)15-23(18)22/h5-15H,4,16H2,1-3H3,(H,27,28). The normalized spacial score (nSPS) is 10.7. The van der Waals surface area contributed by atoms with Gasteiger partial charge in [-0.3, -0.25) is 4.79 Å². The van der Waals surface area contributed by atoms with Crippen molar-refractivity contribution in [2.45, 2.75) is 13.5 Å². The molecule has 0 aliphatic carbocycles. The summed E-state index contributed by atoms with van der Waals surface area (Å²) in [5, 5.41) is 4.74. The van der Waals surface area contributed by atoms with Gasteiger partial charge in [-0.05, 0) is 77.4 Å². The van der Waals surface area contributed by atoms with E-state index in [9.17, 15) is 4.79 Å². The molecule has 0 fully saturated rings. The monoisotopic (exact) mass is 431 g/mol. The molecule has 0 aliphatic rings. The zero-order chi connectivity index (χ0) is 22.5. The van der Waals surface area contributed by atoms with Gasteiger partial charge < -0.3 is 23.9 Å². The van der Waals surface area contributed by atoms with Gasteiger partial charge in [-0.1, -0.05) is 12.1 Å². The largest absolute Gasteiger partial charge is 0.494 e. The maximum absolute atomic E-state index is 13.0. The predicted molar refractivity (Wildman–Crippen MR) is 124 cm³/mol. The SMILES string of the molecule is CCOc1ccc(-c2cc(C(=O)NCc3ccco3)cc3cc(OC)c(OC)cc23)cc1. The summed E-state index contributed by atoms with van der Waals surface area (Å²) in [5.41, 5.74) is 2.42. The molecule has 0 atom stereocenters. The summed E-state index contributed by atoms with van der Waals surface area (Å²) >= 11 is 0. The van der Waals surface area contributed by atoms with Gasteiger partial charge in [0.05, 0.1) is 33.6 Å². The first-order valence-corrected chi connectivity index (χ1v) is 10.4. The number of ether oxygens (including phenoxy) is 3. The number of nitrogens with one attached hydrogen (secondary N) is 1. The summed E-state index contributed by atoms with van der Waals surface area (Å²) in [4.78, 5) is 13.0. The molecule has 0 saturated carbocycles. The van der Waals surface area contributed by atoms with Crippen molar-refractivity contribution in [2.75, 3.05) is 20.8 Å². The first-order chi connectivity index (χ1) is 15.6. The van der Waals surface area contributed by atoms with Gasteiger partial charge in [-0.25, -0.2) is 0 Å². The third kappa shape index (κ3) is 4.39. The number of hydrogen-bond donors (Lipinski definition) is 1. The Labute approximate surface area is 186 Å². The van der Waals surface area contributed by atoms with E-state index in [1.807, 2.05) is 61.5 Å². The van der Waals surface area contributed by atoms with Crippen LogP contribution in [-0.4, -0.2) is 26.7 Å². The van der Waals surface area contributed by atoms with Gasteiger partial charge in [0.25, 0.3) is 5.91 Å². The van der Waals surface area contributed by atoms with Crippen molar-refractivity contribution in [1.29, 1.82) is 0 Å². The average molecular weight is 431 g/mol. The average Bonchev–Trinajstić information content (AvgIpc) is 3.35. The number of carbonyl (C=O) groups excluding carboxylic acids is 1. The zero-order valence-corrected chi connectivity index (χ0v) is 18.3. The van der Waals surface area contributed by atoms with Gasteiger partial charge in [0.15, 0.2) is 11.5 Å². The van der Waals surface area contributed by atoms with Crippen molar-refractivity contribution in [2.24, 2.45) is 0 Å². The van der Waals surface area contributed by atoms with E-state index in [1.54, 1.807) is 26.5 Å². The van der Waals surface area contributed by atoms with Gasteiger partial charge in [-0.15, -0.1) is 0 Å². The Morgan fingerprint density at radius 3 is 2.38 bits per heavy atom. The summed E-state index contributed by atoms with van der Waals surface area (Å²) in [6, 6.07) is 19.0. The quantitative estimate of drug-likeness (QED) is 0.402. The maximum Gasteiger partial charge on any atom is 0.251 e. The minimum absolute atomic E-state index is 0.190. The van der Waals surface area contributed by atoms with Crippen molar-refractivity contribution < 1.29 is 23.4 Å². The molecule has 4 aromatic rings. The van der Waals surface area contributed by atoms with Crippen molar-refractivity contribution in [3.8, 4) is 28.4 Å². The lowest BCUT2D eigenvalue weighted by molar-refractivity contribution is 0.0948. The van der Waals surface area contributed by atoms with Crippen LogP contribution in [0.15, 0.2) is 71.3 Å². The number of benzene rings is 3. The molecule has 1 heterocycles. The third-order valence-corrected chi connectivity index (χ3v) is 5.20. The summed E-state index contributed by atoms with van der Waals surface area (Å²) in [6.07, 6.45) is 1.58. The van der Waals surface area contributed by atoms with Gasteiger partial charge in [0.2, 0.25) is 0 Å². The fraction of sp³-hybridized carbons (Fsp3) is 0.192. The molecule has 6 nitrogen and oxygen atoms in total. The first-order valence-electron chi connectivity index (χ1n) is 10.4. The molecular weight excluding hydrogens is 406 g/mol. The Balaban J connectivity index is 1.80. The van der Waals surface area contributed by atoms with Crippen LogP contribution in [0.5, 0.6) is 17.2 Å². The molecule has 0 saturated heterocycles. The van der Waals surface area contributed by atoms with Gasteiger partial charge >= 0.3 is 0 Å². The molecule has 0 aliphatic heterocycles. The van der Waals surface area contributed by atoms with E-state index in [0.29, 0.717) is 36.0 Å². The van der Waals surface area contributed by atoms with Crippen LogP contribution in [0.4, 0.5) is 0 Å². The number of furan rings is 1. The van der Waals surface area contributed by atoms with Crippen LogP contribution in [-0.2, 0) is 6.54 Å². The Hall–Kier alpha value is -3.93. The van der Waals surface area contributed by atoms with Gasteiger partial charge in [0, 0.05) is 5.56 Å². The minimum atomic E-state index is -0.190. The van der Waals surface area contributed by atoms with Crippen molar-refractivity contribution >= 4 is 16.7 Å². The Morgan fingerprint density at radius 2 is 1.72 bits per heavy atom. The second-order valence-corrected chi connectivity index (χ2v) is 7.17. The summed E-state index contributed by atoms with van der Waals surface area (Å²) in [6.45, 7) is 2.87. The van der Waals surface area contributed by atoms with Crippen LogP contribution in [0, 0.1) is 0 Å². The summed E-state index contributed by atoms with van der Waals surface area (Å²) < 4.78 is 21.9. The zero-order valence-electron chi connectivity index (χ0n) is 18.3. The van der Waals surface area contributed by atoms with Crippen LogP contribution in [0.1, 0.15) is 23.0 Å². The molecule has 0 radical (unpaired) electrons. The lowest BCUT2D eigenvalue weighted by Crippen LogP contribution is -2.22. The topological polar surface area (TPSA) is 69.9 Å². The van der Waals surface area contributed by atoms with E-state index < -0.39 is 0 Å². The molecule has 1 N–H and O–H groups in total. The van der Waals surface area contributed by atoms with E-state index in [0.717, 1.165) is 27.6 Å². The molecule has 1 aromatic heterocycles. The molecule has 0 unspecified atom stereocenters. The molecule has 32 heavy (non-hydrogen) atoms. The second-order valence-electron chi connectivity index (χ2n) is 7.17. The highest BCUT2D eigenvalue weighted by Gasteiger charge is 2.15. The molecule has 6 heteroatoms. The van der Waals surface area contributed by atoms with Gasteiger partial charge in [-0.2, -0.15) is 0 Å². The molecule has 3 aromatic carbocycles. The fourth-order valence-electron chi connectivity index (χ4n) is 3.64. The highest BCUT2D eigenvalue weighted by atomic mass is 16.5. The van der Waals surface area contributed by atoms with Crippen LogP contribution >= 0.6 is 0 Å². The summed E-state index contributed by atoms with van der Waals surface area (Å²) in [7, 11) is 3.20. The van der Waals surface area contributed by atoms with E-state index in [2.05, 4.69) is 5.32 Å². The number of rotatable bonds is 8. The molecule has 0 bridgehead atoms. The molecule has 4 rings (SSSR count). The fourth-order valence-corrected chi connectivity index (χ4v) is 3.64. The van der Waals surface area contributed by atoms with Crippen molar-refractivity contribution in [3.63, 3.8) is 0 Å². The Morgan fingerprint density at radius 1 is 0.969 bits per heavy atom. The molecular formula is C26H25NO5. The lowest BCUT2D eigenvalue weighted by Gasteiger charge is -2.15. The Bertz CT molecular complexity index is 1210. The van der Waals surface area contributed by atoms with Crippen LogP contribution in [0.25, 0.3) is 21.9 Å². The van der Waals surface area contributed by atoms with Crippen molar-refractivity contribution in [3.05, 3.63) is 78.3 Å². The minimum Gasteiger partial charge on any atom is -0.494 e. The van der Waals surface area contributed by atoms with Gasteiger partial charge in [0.1, 0.15) is 11.5 Å². The third-order valence-electron chi connectivity index (χ3n) is 5.20. The number of fused-ring (bicyclic) bond motifs is 1. The number of methoxy groups -OCH3 is 2. The summed E-state index contributed by atoms with van der Waals surface area (Å²) in [5.74, 6) is 2.53.